The van der Waals surface area contributed by atoms with Crippen LogP contribution >= 0.6 is 0 Å². The summed E-state index contributed by atoms with van der Waals surface area (Å²) in [5.74, 6) is 0.949. The summed E-state index contributed by atoms with van der Waals surface area (Å²) in [6.07, 6.45) is 0.832. The van der Waals surface area contributed by atoms with Crippen molar-refractivity contribution >= 4 is 27.8 Å². The number of amides is 1. The van der Waals surface area contributed by atoms with E-state index in [1.54, 1.807) is 0 Å². The molecule has 1 aliphatic heterocycles. The largest absolute Gasteiger partial charge is 0.337 e. The van der Waals surface area contributed by atoms with Crippen molar-refractivity contribution in [3.8, 4) is 11.5 Å². The van der Waals surface area contributed by atoms with Crippen LogP contribution in [0.5, 0.6) is 0 Å². The molecule has 0 bridgehead atoms. The van der Waals surface area contributed by atoms with E-state index in [2.05, 4.69) is 76.8 Å². The fourth-order valence-electron chi connectivity index (χ4n) is 5.30. The van der Waals surface area contributed by atoms with E-state index < -0.39 is 0 Å². The number of nitrogens with two attached hydrogens (primary N) is 1. The van der Waals surface area contributed by atoms with Crippen molar-refractivity contribution in [1.29, 1.82) is 0 Å². The standard InChI is InChI=1S/C29H29N5O/c1-19(30)17-33-13-12-21-14-26-24(16-23(21)29(33)35)31-28(32(26)2)27-15-22-10-6-7-11-25(22)34(27)18-20-8-4-3-5-9-20/h3-11,14-16,19H,12-13,17-18,30H2,1-2H3/t19-/m1/s1. The molecule has 0 unspecified atom stereocenters. The number of aryl methyl sites for hydroxylation is 1. The Hall–Kier alpha value is -3.90. The Morgan fingerprint density at radius 3 is 2.57 bits per heavy atom. The second-order valence-electron chi connectivity index (χ2n) is 9.63. The number of benzene rings is 3. The summed E-state index contributed by atoms with van der Waals surface area (Å²) in [5.41, 5.74) is 13.2. The molecule has 2 N–H and O–H groups in total. The first-order valence-corrected chi connectivity index (χ1v) is 12.2. The number of hydrogen-bond donors (Lipinski definition) is 1. The second kappa shape index (κ2) is 8.40. The lowest BCUT2D eigenvalue weighted by Crippen LogP contribution is -2.43. The minimum Gasteiger partial charge on any atom is -0.337 e. The van der Waals surface area contributed by atoms with Crippen molar-refractivity contribution < 1.29 is 4.79 Å². The highest BCUT2D eigenvalue weighted by Gasteiger charge is 2.27. The fraction of sp³-hybridized carbons (Fsp3) is 0.241. The molecule has 0 saturated carbocycles. The highest BCUT2D eigenvalue weighted by molar-refractivity contribution is 6.00. The van der Waals surface area contributed by atoms with Gasteiger partial charge in [-0.25, -0.2) is 4.98 Å². The minimum atomic E-state index is -0.0442. The molecule has 6 nitrogen and oxygen atoms in total. The number of rotatable bonds is 5. The van der Waals surface area contributed by atoms with E-state index in [1.165, 1.54) is 16.5 Å². The molecule has 176 valence electrons. The van der Waals surface area contributed by atoms with Gasteiger partial charge in [-0.15, -0.1) is 0 Å². The summed E-state index contributed by atoms with van der Waals surface area (Å²) in [6, 6.07) is 25.2. The Labute approximate surface area is 204 Å². The topological polar surface area (TPSA) is 69.1 Å². The lowest BCUT2D eigenvalue weighted by Gasteiger charge is -2.29. The van der Waals surface area contributed by atoms with E-state index in [9.17, 15) is 4.79 Å². The van der Waals surface area contributed by atoms with E-state index in [0.717, 1.165) is 46.6 Å². The molecule has 6 rings (SSSR count). The zero-order valence-corrected chi connectivity index (χ0v) is 20.1. The van der Waals surface area contributed by atoms with Crippen LogP contribution in [0.3, 0.4) is 0 Å². The number of carbonyl (C=O) groups excluding carboxylic acids is 1. The molecule has 0 saturated heterocycles. The van der Waals surface area contributed by atoms with E-state index in [4.69, 9.17) is 10.7 Å². The maximum absolute atomic E-state index is 13.2. The zero-order valence-electron chi connectivity index (χ0n) is 20.1. The maximum Gasteiger partial charge on any atom is 0.254 e. The molecule has 1 amide bonds. The van der Waals surface area contributed by atoms with Gasteiger partial charge in [0.25, 0.3) is 5.91 Å². The number of para-hydroxylation sites is 1. The first-order chi connectivity index (χ1) is 17.0. The predicted octanol–water partition coefficient (Wildman–Crippen LogP) is 4.59. The molecule has 0 aliphatic carbocycles. The summed E-state index contributed by atoms with van der Waals surface area (Å²) in [7, 11) is 2.06. The van der Waals surface area contributed by atoms with Crippen molar-refractivity contribution in [3.63, 3.8) is 0 Å². The SMILES string of the molecule is C[C@@H](N)CN1CCc2cc3c(cc2C1=O)nc(-c1cc2ccccc2n1Cc1ccccc1)n3C. The Morgan fingerprint density at radius 1 is 1.00 bits per heavy atom. The number of carbonyl (C=O) groups is 1. The molecule has 5 aromatic rings. The second-order valence-corrected chi connectivity index (χ2v) is 9.63. The number of hydrogen-bond acceptors (Lipinski definition) is 3. The lowest BCUT2D eigenvalue weighted by molar-refractivity contribution is 0.0732. The molecule has 1 aliphatic rings. The van der Waals surface area contributed by atoms with Gasteiger partial charge in [0.2, 0.25) is 0 Å². The van der Waals surface area contributed by atoms with E-state index in [-0.39, 0.29) is 11.9 Å². The van der Waals surface area contributed by atoms with Crippen LogP contribution in [0.4, 0.5) is 0 Å². The van der Waals surface area contributed by atoms with Crippen molar-refractivity contribution in [2.45, 2.75) is 25.9 Å². The number of imidazole rings is 1. The minimum absolute atomic E-state index is 0.0442. The van der Waals surface area contributed by atoms with Crippen LogP contribution in [-0.2, 0) is 20.0 Å². The molecule has 1 atom stereocenters. The van der Waals surface area contributed by atoms with Gasteiger partial charge in [-0.05, 0) is 48.7 Å². The van der Waals surface area contributed by atoms with Crippen molar-refractivity contribution in [3.05, 3.63) is 89.5 Å². The van der Waals surface area contributed by atoms with Crippen molar-refractivity contribution in [2.75, 3.05) is 13.1 Å². The highest BCUT2D eigenvalue weighted by Crippen LogP contribution is 2.32. The molecule has 6 heteroatoms. The van der Waals surface area contributed by atoms with Crippen LogP contribution in [0.2, 0.25) is 0 Å². The Balaban J connectivity index is 1.49. The number of fused-ring (bicyclic) bond motifs is 3. The van der Waals surface area contributed by atoms with E-state index in [0.29, 0.717) is 13.1 Å². The molecule has 0 spiro atoms. The summed E-state index contributed by atoms with van der Waals surface area (Å²) in [5, 5.41) is 1.19. The zero-order chi connectivity index (χ0) is 24.1. The van der Waals surface area contributed by atoms with Crippen LogP contribution in [-0.4, -0.2) is 44.1 Å². The van der Waals surface area contributed by atoms with E-state index in [1.807, 2.05) is 24.0 Å². The van der Waals surface area contributed by atoms with Gasteiger partial charge >= 0.3 is 0 Å². The smallest absolute Gasteiger partial charge is 0.254 e. The first kappa shape index (κ1) is 21.6. The summed E-state index contributed by atoms with van der Waals surface area (Å²) < 4.78 is 4.49. The molecule has 3 heterocycles. The fourth-order valence-corrected chi connectivity index (χ4v) is 5.30. The molecule has 3 aromatic carbocycles. The molecule has 0 fully saturated rings. The van der Waals surface area contributed by atoms with E-state index >= 15 is 0 Å². The highest BCUT2D eigenvalue weighted by atomic mass is 16.2. The third-order valence-corrected chi connectivity index (χ3v) is 7.01. The van der Waals surface area contributed by atoms with Gasteiger partial charge < -0.3 is 19.8 Å². The monoisotopic (exact) mass is 463 g/mol. The average molecular weight is 464 g/mol. The van der Waals surface area contributed by atoms with Crippen molar-refractivity contribution in [2.24, 2.45) is 12.8 Å². The quantitative estimate of drug-likeness (QED) is 0.415. The van der Waals surface area contributed by atoms with Gasteiger partial charge in [0.05, 0.1) is 16.7 Å². The van der Waals surface area contributed by atoms with Crippen LogP contribution in [0.1, 0.15) is 28.4 Å². The third-order valence-electron chi connectivity index (χ3n) is 7.01. The maximum atomic E-state index is 13.2. The van der Waals surface area contributed by atoms with Gasteiger partial charge in [-0.2, -0.15) is 0 Å². The van der Waals surface area contributed by atoms with Crippen LogP contribution in [0.15, 0.2) is 72.8 Å². The number of nitrogens with zero attached hydrogens (tertiary/aromatic N) is 4. The van der Waals surface area contributed by atoms with Crippen LogP contribution in [0, 0.1) is 0 Å². The van der Waals surface area contributed by atoms with Gasteiger partial charge in [-0.3, -0.25) is 4.79 Å². The molecule has 35 heavy (non-hydrogen) atoms. The van der Waals surface area contributed by atoms with Crippen LogP contribution in [0.25, 0.3) is 33.5 Å². The molecule has 0 radical (unpaired) electrons. The summed E-state index contributed by atoms with van der Waals surface area (Å²) in [6.45, 7) is 3.97. The number of aromatic nitrogens is 3. The average Bonchev–Trinajstić information content (AvgIpc) is 3.38. The predicted molar refractivity (Wildman–Crippen MR) is 140 cm³/mol. The van der Waals surface area contributed by atoms with Gasteiger partial charge in [0.1, 0.15) is 0 Å². The van der Waals surface area contributed by atoms with Crippen LogP contribution < -0.4 is 5.73 Å². The Bertz CT molecular complexity index is 1560. The Kier molecular flexibility index (Phi) is 5.19. The third kappa shape index (κ3) is 3.70. The van der Waals surface area contributed by atoms with Gasteiger partial charge in [0.15, 0.2) is 5.82 Å². The molecular weight excluding hydrogens is 434 g/mol. The normalized spacial score (nSPS) is 14.6. The van der Waals surface area contributed by atoms with Gasteiger partial charge in [0, 0.05) is 49.2 Å². The molecular formula is C29H29N5O. The summed E-state index contributed by atoms with van der Waals surface area (Å²) >= 11 is 0. The van der Waals surface area contributed by atoms with Crippen molar-refractivity contribution in [1.82, 2.24) is 19.0 Å². The molecule has 2 aromatic heterocycles. The first-order valence-electron chi connectivity index (χ1n) is 12.2. The summed E-state index contributed by atoms with van der Waals surface area (Å²) in [4.78, 5) is 20.1. The lowest BCUT2D eigenvalue weighted by atomic mass is 9.97. The van der Waals surface area contributed by atoms with Gasteiger partial charge in [-0.1, -0.05) is 48.5 Å². The Morgan fingerprint density at radius 2 is 1.77 bits per heavy atom.